The molecule has 8 nitrogen and oxygen atoms in total. The molecule has 224 valence electrons. The lowest BCUT2D eigenvalue weighted by molar-refractivity contribution is -0.276. The van der Waals surface area contributed by atoms with Crippen molar-refractivity contribution in [2.45, 2.75) is 45.1 Å². The van der Waals surface area contributed by atoms with Crippen LogP contribution in [0.25, 0.3) is 11.1 Å². The number of halogens is 2. The molecular formula is C33H33Cl2N3O5. The first-order chi connectivity index (χ1) is 20.9. The van der Waals surface area contributed by atoms with Crippen molar-refractivity contribution in [3.05, 3.63) is 124 Å². The van der Waals surface area contributed by atoms with Gasteiger partial charge in [0.2, 0.25) is 0 Å². The van der Waals surface area contributed by atoms with Crippen LogP contribution in [0.2, 0.25) is 10.3 Å². The summed E-state index contributed by atoms with van der Waals surface area (Å²) >= 11 is 12.5. The molecule has 1 fully saturated rings. The van der Waals surface area contributed by atoms with E-state index >= 15 is 0 Å². The minimum absolute atomic E-state index is 0.0242. The van der Waals surface area contributed by atoms with E-state index in [9.17, 15) is 9.90 Å². The van der Waals surface area contributed by atoms with Crippen LogP contribution in [0.3, 0.4) is 0 Å². The van der Waals surface area contributed by atoms with Crippen LogP contribution in [0, 0.1) is 5.92 Å². The number of carbonyl (C=O) groups excluding carboxylic acids is 1. The molecule has 0 bridgehead atoms. The monoisotopic (exact) mass is 621 g/mol. The quantitative estimate of drug-likeness (QED) is 0.181. The SMILES string of the molecule is C=CCOC(=O)NCc1cccc(-c2ccc([C@H]3O[C@@H](Cn4cnc(Cl)c4Cl)[C@@H](C)[C@@H](c4ccc(CO)cc4)O3)cc2)c1. The Bertz CT molecular complexity index is 1540. The minimum Gasteiger partial charge on any atom is -0.445 e. The number of hydrogen-bond donors (Lipinski definition) is 2. The van der Waals surface area contributed by atoms with Crippen molar-refractivity contribution in [3.8, 4) is 11.1 Å². The van der Waals surface area contributed by atoms with Gasteiger partial charge in [-0.15, -0.1) is 0 Å². The molecule has 5 rings (SSSR count). The van der Waals surface area contributed by atoms with Gasteiger partial charge in [0.05, 0.1) is 31.7 Å². The third-order valence-electron chi connectivity index (χ3n) is 7.45. The highest BCUT2D eigenvalue weighted by Crippen LogP contribution is 2.42. The standard InChI is InChI=1S/C33H33Cl2N3O5/c1-3-15-41-33(40)36-17-23-5-4-6-27(16-23)24-11-13-26(14-12-24)32-42-28(18-38-20-37-30(34)31(38)35)21(2)29(43-32)25-9-7-22(19-39)8-10-25/h3-14,16,20-21,28-29,32,39H,1,15,17-19H2,2H3,(H,36,40)/t21-,28+,29+,32+/m1/s1. The lowest BCUT2D eigenvalue weighted by Gasteiger charge is -2.41. The third kappa shape index (κ3) is 7.47. The van der Waals surface area contributed by atoms with E-state index in [0.717, 1.165) is 33.4 Å². The summed E-state index contributed by atoms with van der Waals surface area (Å²) < 4.78 is 19.9. The highest BCUT2D eigenvalue weighted by molar-refractivity contribution is 6.40. The number of nitrogens with one attached hydrogen (secondary N) is 1. The number of carbonyl (C=O) groups is 1. The number of rotatable bonds is 10. The Morgan fingerprint density at radius 2 is 1.79 bits per heavy atom. The summed E-state index contributed by atoms with van der Waals surface area (Å²) in [5.41, 5.74) is 5.66. The van der Waals surface area contributed by atoms with Gasteiger partial charge in [-0.1, -0.05) is 110 Å². The van der Waals surface area contributed by atoms with E-state index in [4.69, 9.17) is 37.4 Å². The summed E-state index contributed by atoms with van der Waals surface area (Å²) in [5.74, 6) is -0.0295. The Morgan fingerprint density at radius 3 is 2.47 bits per heavy atom. The maximum Gasteiger partial charge on any atom is 0.407 e. The van der Waals surface area contributed by atoms with Gasteiger partial charge in [0.1, 0.15) is 11.8 Å². The van der Waals surface area contributed by atoms with Crippen LogP contribution in [-0.2, 0) is 33.9 Å². The second-order valence-corrected chi connectivity index (χ2v) is 11.1. The zero-order valence-corrected chi connectivity index (χ0v) is 25.2. The van der Waals surface area contributed by atoms with Crippen molar-refractivity contribution >= 4 is 29.3 Å². The van der Waals surface area contributed by atoms with Gasteiger partial charge in [0, 0.05) is 18.0 Å². The number of nitrogens with zero attached hydrogens (tertiary/aromatic N) is 2. The highest BCUT2D eigenvalue weighted by atomic mass is 35.5. The van der Waals surface area contributed by atoms with Gasteiger partial charge in [-0.25, -0.2) is 9.78 Å². The van der Waals surface area contributed by atoms with Crippen molar-refractivity contribution in [2.24, 2.45) is 5.92 Å². The van der Waals surface area contributed by atoms with Gasteiger partial charge in [0.15, 0.2) is 11.4 Å². The number of aliphatic hydroxyl groups is 1. The number of aliphatic hydroxyl groups excluding tert-OH is 1. The number of benzene rings is 3. The fourth-order valence-corrected chi connectivity index (χ4v) is 5.36. The molecule has 0 aliphatic carbocycles. The molecular weight excluding hydrogens is 589 g/mol. The summed E-state index contributed by atoms with van der Waals surface area (Å²) in [6.07, 6.45) is 1.49. The van der Waals surface area contributed by atoms with E-state index in [1.807, 2.05) is 72.8 Å². The van der Waals surface area contributed by atoms with Gasteiger partial charge < -0.3 is 29.2 Å². The lowest BCUT2D eigenvalue weighted by atomic mass is 9.90. The van der Waals surface area contributed by atoms with Crippen molar-refractivity contribution < 1.29 is 24.1 Å². The number of amides is 1. The summed E-state index contributed by atoms with van der Waals surface area (Å²) in [6.45, 7) is 6.56. The fourth-order valence-electron chi connectivity index (χ4n) is 5.05. The van der Waals surface area contributed by atoms with E-state index in [-0.39, 0.29) is 36.5 Å². The number of ether oxygens (including phenoxy) is 3. The topological polar surface area (TPSA) is 94.8 Å². The maximum absolute atomic E-state index is 11.8. The Kier molecular flexibility index (Phi) is 10.2. The van der Waals surface area contributed by atoms with E-state index in [0.29, 0.717) is 18.2 Å². The molecule has 0 unspecified atom stereocenters. The Morgan fingerprint density at radius 1 is 1.05 bits per heavy atom. The fraction of sp³-hybridized carbons (Fsp3) is 0.273. The molecule has 2 N–H and O–H groups in total. The van der Waals surface area contributed by atoms with Crippen LogP contribution in [0.4, 0.5) is 4.79 Å². The normalized spacial score (nSPS) is 20.0. The van der Waals surface area contributed by atoms with E-state index in [1.54, 1.807) is 10.9 Å². The lowest BCUT2D eigenvalue weighted by Crippen LogP contribution is -2.39. The van der Waals surface area contributed by atoms with Gasteiger partial charge >= 0.3 is 6.09 Å². The van der Waals surface area contributed by atoms with E-state index < -0.39 is 12.4 Å². The number of imidazole rings is 1. The third-order valence-corrected chi connectivity index (χ3v) is 8.21. The molecule has 1 aliphatic rings. The second kappa shape index (κ2) is 14.2. The highest BCUT2D eigenvalue weighted by Gasteiger charge is 2.38. The average Bonchev–Trinajstić information content (AvgIpc) is 3.36. The van der Waals surface area contributed by atoms with Crippen LogP contribution in [0.5, 0.6) is 0 Å². The summed E-state index contributed by atoms with van der Waals surface area (Å²) in [4.78, 5) is 15.9. The predicted molar refractivity (Wildman–Crippen MR) is 165 cm³/mol. The van der Waals surface area contributed by atoms with Crippen LogP contribution in [0.15, 0.2) is 91.8 Å². The number of alkyl carbamates (subject to hydrolysis) is 1. The van der Waals surface area contributed by atoms with Crippen molar-refractivity contribution in [3.63, 3.8) is 0 Å². The van der Waals surface area contributed by atoms with Crippen LogP contribution >= 0.6 is 23.2 Å². The molecule has 1 aromatic heterocycles. The molecule has 10 heteroatoms. The molecule has 3 aromatic carbocycles. The predicted octanol–water partition coefficient (Wildman–Crippen LogP) is 7.25. The summed E-state index contributed by atoms with van der Waals surface area (Å²) in [6, 6.07) is 23.8. The van der Waals surface area contributed by atoms with Gasteiger partial charge in [-0.05, 0) is 33.9 Å². The first-order valence-corrected chi connectivity index (χ1v) is 14.7. The summed E-state index contributed by atoms with van der Waals surface area (Å²) in [7, 11) is 0. The smallest absolute Gasteiger partial charge is 0.407 e. The molecule has 2 heterocycles. The second-order valence-electron chi connectivity index (χ2n) is 10.4. The largest absolute Gasteiger partial charge is 0.445 e. The number of aromatic nitrogens is 2. The molecule has 1 aliphatic heterocycles. The molecule has 0 radical (unpaired) electrons. The van der Waals surface area contributed by atoms with Crippen LogP contribution in [-0.4, -0.2) is 33.5 Å². The van der Waals surface area contributed by atoms with Crippen LogP contribution < -0.4 is 5.32 Å². The number of hydrogen-bond acceptors (Lipinski definition) is 6. The minimum atomic E-state index is -0.632. The maximum atomic E-state index is 11.8. The molecule has 43 heavy (non-hydrogen) atoms. The summed E-state index contributed by atoms with van der Waals surface area (Å²) in [5, 5.41) is 12.9. The molecule has 4 atom stereocenters. The molecule has 0 saturated carbocycles. The first-order valence-electron chi connectivity index (χ1n) is 13.9. The molecule has 1 amide bonds. The van der Waals surface area contributed by atoms with E-state index in [1.165, 1.54) is 6.08 Å². The molecule has 4 aromatic rings. The Hall–Kier alpha value is -3.66. The Balaban J connectivity index is 1.35. The van der Waals surface area contributed by atoms with Gasteiger partial charge in [0.25, 0.3) is 0 Å². The van der Waals surface area contributed by atoms with Crippen molar-refractivity contribution in [1.82, 2.24) is 14.9 Å². The zero-order valence-electron chi connectivity index (χ0n) is 23.7. The zero-order chi connectivity index (χ0) is 30.3. The van der Waals surface area contributed by atoms with Gasteiger partial charge in [-0.3, -0.25) is 0 Å². The van der Waals surface area contributed by atoms with Crippen molar-refractivity contribution in [1.29, 1.82) is 0 Å². The average molecular weight is 623 g/mol. The molecule has 0 spiro atoms. The van der Waals surface area contributed by atoms with E-state index in [2.05, 4.69) is 23.8 Å². The molecule has 1 saturated heterocycles. The van der Waals surface area contributed by atoms with Crippen molar-refractivity contribution in [2.75, 3.05) is 6.61 Å². The first kappa shape index (κ1) is 30.8. The van der Waals surface area contributed by atoms with Gasteiger partial charge in [-0.2, -0.15) is 0 Å². The van der Waals surface area contributed by atoms with Crippen LogP contribution in [0.1, 0.15) is 41.6 Å². The Labute approximate surface area is 260 Å².